The molecule has 2 aromatic rings. The monoisotopic (exact) mass is 539 g/mol. The van der Waals surface area contributed by atoms with Crippen LogP contribution in [0.15, 0.2) is 36.4 Å². The Labute approximate surface area is 233 Å². The second-order valence-corrected chi connectivity index (χ2v) is 10.4. The normalized spacial score (nSPS) is 19.2. The maximum absolute atomic E-state index is 13.8. The van der Waals surface area contributed by atoms with Gasteiger partial charge in [0.05, 0.1) is 27.4 Å². The van der Waals surface area contributed by atoms with Crippen LogP contribution in [0.2, 0.25) is 0 Å². The van der Waals surface area contributed by atoms with Gasteiger partial charge in [0, 0.05) is 18.2 Å². The molecule has 2 N–H and O–H groups in total. The molecule has 2 aromatic carbocycles. The molecule has 1 unspecified atom stereocenters. The Bertz CT molecular complexity index is 1040. The average Bonchev–Trinajstić information content (AvgIpc) is 2.97. The molecule has 39 heavy (non-hydrogen) atoms. The zero-order valence-corrected chi connectivity index (χ0v) is 23.7. The van der Waals surface area contributed by atoms with Gasteiger partial charge in [-0.1, -0.05) is 18.6 Å². The summed E-state index contributed by atoms with van der Waals surface area (Å²) in [5.41, 5.74) is 7.43. The highest BCUT2D eigenvalue weighted by Gasteiger charge is 2.24. The van der Waals surface area contributed by atoms with Gasteiger partial charge in [0.15, 0.2) is 11.5 Å². The average molecular weight is 540 g/mol. The van der Waals surface area contributed by atoms with E-state index in [1.165, 1.54) is 37.8 Å². The SMILES string of the molecule is COc1cc(C(=O)N2CCCCN3CCCCC3CCc3cccc(c3)OCC2)cc(OC)c1OCCCN. The molecule has 2 aliphatic rings. The zero-order valence-electron chi connectivity index (χ0n) is 23.7. The fraction of sp³-hybridized carbons (Fsp3) is 0.581. The third-order valence-electron chi connectivity index (χ3n) is 7.76. The van der Waals surface area contributed by atoms with E-state index in [-0.39, 0.29) is 5.91 Å². The van der Waals surface area contributed by atoms with Gasteiger partial charge in [-0.2, -0.15) is 0 Å². The number of rotatable bonds is 7. The molecule has 2 bridgehead atoms. The number of methoxy groups -OCH3 is 2. The maximum atomic E-state index is 13.8. The molecule has 4 rings (SSSR count). The molecule has 0 aliphatic carbocycles. The van der Waals surface area contributed by atoms with Crippen LogP contribution >= 0.6 is 0 Å². The zero-order chi connectivity index (χ0) is 27.5. The third kappa shape index (κ3) is 8.02. The van der Waals surface area contributed by atoms with Crippen LogP contribution in [0.1, 0.15) is 60.9 Å². The number of piperidine rings is 1. The van der Waals surface area contributed by atoms with Crippen molar-refractivity contribution in [3.05, 3.63) is 47.5 Å². The van der Waals surface area contributed by atoms with E-state index in [2.05, 4.69) is 23.1 Å². The van der Waals surface area contributed by atoms with Gasteiger partial charge in [-0.05, 0) is 94.4 Å². The van der Waals surface area contributed by atoms with Crippen molar-refractivity contribution in [1.82, 2.24) is 9.80 Å². The van der Waals surface area contributed by atoms with E-state index >= 15 is 0 Å². The first-order chi connectivity index (χ1) is 19.1. The van der Waals surface area contributed by atoms with Crippen molar-refractivity contribution in [2.24, 2.45) is 5.73 Å². The van der Waals surface area contributed by atoms with Gasteiger partial charge in [-0.3, -0.25) is 4.79 Å². The largest absolute Gasteiger partial charge is 0.493 e. The standard InChI is InChI=1S/C31H45N3O5/c1-36-28-22-25(23-29(37-2)30(28)39-19-8-14-32)31(35)34-17-6-5-16-33-15-4-3-10-26(33)13-12-24-9-7-11-27(21-24)38-20-18-34/h7,9,11,21-23,26H,3-6,8,10,12-20,32H2,1-2H3. The Morgan fingerprint density at radius 2 is 1.72 bits per heavy atom. The molecule has 0 aromatic heterocycles. The lowest BCUT2D eigenvalue weighted by molar-refractivity contribution is 0.0720. The molecule has 8 heteroatoms. The summed E-state index contributed by atoms with van der Waals surface area (Å²) >= 11 is 0. The van der Waals surface area contributed by atoms with Gasteiger partial charge < -0.3 is 34.5 Å². The minimum Gasteiger partial charge on any atom is -0.493 e. The van der Waals surface area contributed by atoms with Gasteiger partial charge in [0.2, 0.25) is 5.75 Å². The quantitative estimate of drug-likeness (QED) is 0.517. The highest BCUT2D eigenvalue weighted by Crippen LogP contribution is 2.39. The maximum Gasteiger partial charge on any atom is 0.254 e. The predicted octanol–water partition coefficient (Wildman–Crippen LogP) is 4.53. The smallest absolute Gasteiger partial charge is 0.254 e. The summed E-state index contributed by atoms with van der Waals surface area (Å²) < 4.78 is 23.2. The summed E-state index contributed by atoms with van der Waals surface area (Å²) in [4.78, 5) is 18.4. The summed E-state index contributed by atoms with van der Waals surface area (Å²) in [5.74, 6) is 2.21. The van der Waals surface area contributed by atoms with E-state index in [9.17, 15) is 4.79 Å². The third-order valence-corrected chi connectivity index (χ3v) is 7.76. The van der Waals surface area contributed by atoms with Crippen molar-refractivity contribution in [3.63, 3.8) is 0 Å². The van der Waals surface area contributed by atoms with Crippen LogP contribution in [0, 0.1) is 0 Å². The van der Waals surface area contributed by atoms with E-state index in [4.69, 9.17) is 24.7 Å². The minimum absolute atomic E-state index is 0.0716. The first kappa shape index (κ1) is 29.0. The van der Waals surface area contributed by atoms with Crippen LogP contribution in [0.5, 0.6) is 23.0 Å². The summed E-state index contributed by atoms with van der Waals surface area (Å²) in [6, 6.07) is 12.5. The minimum atomic E-state index is -0.0716. The van der Waals surface area contributed by atoms with Crippen molar-refractivity contribution in [3.8, 4) is 23.0 Å². The van der Waals surface area contributed by atoms with E-state index in [0.29, 0.717) is 68.1 Å². The number of aryl methyl sites for hydroxylation is 1. The topological polar surface area (TPSA) is 86.5 Å². The highest BCUT2D eigenvalue weighted by molar-refractivity contribution is 5.95. The van der Waals surface area contributed by atoms with Gasteiger partial charge >= 0.3 is 0 Å². The summed E-state index contributed by atoms with van der Waals surface area (Å²) in [6.45, 7) is 4.82. The van der Waals surface area contributed by atoms with Crippen LogP contribution in [0.25, 0.3) is 0 Å². The van der Waals surface area contributed by atoms with Crippen molar-refractivity contribution in [1.29, 1.82) is 0 Å². The van der Waals surface area contributed by atoms with Crippen molar-refractivity contribution >= 4 is 5.91 Å². The second kappa shape index (κ2) is 15.0. The van der Waals surface area contributed by atoms with Crippen molar-refractivity contribution in [2.45, 2.75) is 57.4 Å². The van der Waals surface area contributed by atoms with Gasteiger partial charge in [0.25, 0.3) is 5.91 Å². The Balaban J connectivity index is 1.52. The van der Waals surface area contributed by atoms with E-state index in [1.807, 2.05) is 11.0 Å². The first-order valence-corrected chi connectivity index (χ1v) is 14.5. The summed E-state index contributed by atoms with van der Waals surface area (Å²) in [5, 5.41) is 0. The molecular weight excluding hydrogens is 494 g/mol. The number of ether oxygens (including phenoxy) is 4. The summed E-state index contributed by atoms with van der Waals surface area (Å²) in [7, 11) is 3.14. The number of hydrogen-bond donors (Lipinski definition) is 1. The molecule has 2 heterocycles. The fourth-order valence-electron chi connectivity index (χ4n) is 5.60. The molecule has 1 amide bonds. The summed E-state index contributed by atoms with van der Waals surface area (Å²) in [6.07, 6.45) is 8.84. The molecule has 1 saturated heterocycles. The number of carbonyl (C=O) groups is 1. The van der Waals surface area contributed by atoms with Gasteiger partial charge in [0.1, 0.15) is 12.4 Å². The van der Waals surface area contributed by atoms with Crippen LogP contribution in [-0.4, -0.2) is 81.9 Å². The van der Waals surface area contributed by atoms with Crippen LogP contribution in [0.3, 0.4) is 0 Å². The Morgan fingerprint density at radius 3 is 2.46 bits per heavy atom. The molecule has 1 fully saturated rings. The molecule has 0 saturated carbocycles. The Kier molecular flexibility index (Phi) is 11.2. The number of hydrogen-bond acceptors (Lipinski definition) is 7. The first-order valence-electron chi connectivity index (χ1n) is 14.5. The van der Waals surface area contributed by atoms with Gasteiger partial charge in [-0.15, -0.1) is 0 Å². The molecule has 8 nitrogen and oxygen atoms in total. The van der Waals surface area contributed by atoms with Crippen molar-refractivity contribution < 1.29 is 23.7 Å². The molecule has 1 atom stereocenters. The number of fused-ring (bicyclic) bond motifs is 3. The second-order valence-electron chi connectivity index (χ2n) is 10.4. The predicted molar refractivity (Wildman–Crippen MR) is 153 cm³/mol. The molecular formula is C31H45N3O5. The van der Waals surface area contributed by atoms with Crippen molar-refractivity contribution in [2.75, 3.05) is 60.2 Å². The number of carbonyl (C=O) groups excluding carboxylic acids is 1. The molecule has 2 aliphatic heterocycles. The lowest BCUT2D eigenvalue weighted by atomic mass is 9.95. The van der Waals surface area contributed by atoms with Crippen LogP contribution in [0.4, 0.5) is 0 Å². The Morgan fingerprint density at radius 1 is 0.974 bits per heavy atom. The van der Waals surface area contributed by atoms with Crippen LogP contribution in [-0.2, 0) is 6.42 Å². The molecule has 214 valence electrons. The van der Waals surface area contributed by atoms with E-state index in [1.54, 1.807) is 26.4 Å². The number of nitrogens with two attached hydrogens (primary N) is 1. The highest BCUT2D eigenvalue weighted by atomic mass is 16.5. The van der Waals surface area contributed by atoms with E-state index < -0.39 is 0 Å². The molecule has 0 radical (unpaired) electrons. The van der Waals surface area contributed by atoms with Gasteiger partial charge in [-0.25, -0.2) is 0 Å². The lowest BCUT2D eigenvalue weighted by Crippen LogP contribution is -2.40. The number of nitrogens with zero attached hydrogens (tertiary/aromatic N) is 2. The molecule has 0 spiro atoms. The number of amides is 1. The lowest BCUT2D eigenvalue weighted by Gasteiger charge is -2.36. The fourth-order valence-corrected chi connectivity index (χ4v) is 5.60. The Hall–Kier alpha value is -2.97. The van der Waals surface area contributed by atoms with E-state index in [0.717, 1.165) is 31.6 Å². The number of benzene rings is 2. The van der Waals surface area contributed by atoms with Crippen LogP contribution < -0.4 is 24.7 Å².